The standard InChI is InChI=1S/C16H23ClN6O.HI/c1-4-18-16(20-10-15-21-11-22-23(15)3)19-9-12(2)24-14-7-5-6-13(17)8-14;/h5-8,11-12H,4,9-10H2,1-3H3,(H2,18,19,20);1H. The lowest BCUT2D eigenvalue weighted by Crippen LogP contribution is -2.41. The average Bonchev–Trinajstić information content (AvgIpc) is 2.95. The number of aryl methyl sites for hydroxylation is 1. The van der Waals surface area contributed by atoms with Crippen LogP contribution in [-0.2, 0) is 13.6 Å². The van der Waals surface area contributed by atoms with Crippen LogP contribution in [0.4, 0.5) is 0 Å². The predicted octanol–water partition coefficient (Wildman–Crippen LogP) is 2.61. The Hall–Kier alpha value is -1.55. The van der Waals surface area contributed by atoms with Crippen molar-refractivity contribution in [3.63, 3.8) is 0 Å². The molecule has 0 radical (unpaired) electrons. The van der Waals surface area contributed by atoms with E-state index in [9.17, 15) is 0 Å². The van der Waals surface area contributed by atoms with E-state index in [4.69, 9.17) is 16.3 Å². The van der Waals surface area contributed by atoms with Crippen LogP contribution in [0, 0.1) is 0 Å². The number of aliphatic imine (C=N–C) groups is 1. The summed E-state index contributed by atoms with van der Waals surface area (Å²) in [6.45, 7) is 5.84. The van der Waals surface area contributed by atoms with E-state index < -0.39 is 0 Å². The lowest BCUT2D eigenvalue weighted by atomic mass is 10.3. The van der Waals surface area contributed by atoms with Crippen LogP contribution in [0.5, 0.6) is 5.75 Å². The van der Waals surface area contributed by atoms with Crippen molar-refractivity contribution in [2.45, 2.75) is 26.5 Å². The number of nitrogens with zero attached hydrogens (tertiary/aromatic N) is 4. The Morgan fingerprint density at radius 1 is 1.40 bits per heavy atom. The van der Waals surface area contributed by atoms with Gasteiger partial charge < -0.3 is 15.4 Å². The largest absolute Gasteiger partial charge is 0.489 e. The van der Waals surface area contributed by atoms with Crippen LogP contribution in [0.2, 0.25) is 5.02 Å². The highest BCUT2D eigenvalue weighted by atomic mass is 127. The maximum atomic E-state index is 5.96. The van der Waals surface area contributed by atoms with E-state index in [0.29, 0.717) is 24.1 Å². The van der Waals surface area contributed by atoms with Crippen LogP contribution in [-0.4, -0.2) is 39.9 Å². The number of benzene rings is 1. The third kappa shape index (κ3) is 7.47. The second-order valence-corrected chi connectivity index (χ2v) is 5.70. The van der Waals surface area contributed by atoms with E-state index in [0.717, 1.165) is 18.1 Å². The van der Waals surface area contributed by atoms with Crippen LogP contribution < -0.4 is 15.4 Å². The summed E-state index contributed by atoms with van der Waals surface area (Å²) in [5.41, 5.74) is 0. The van der Waals surface area contributed by atoms with Gasteiger partial charge in [0.15, 0.2) is 5.96 Å². The fourth-order valence-corrected chi connectivity index (χ4v) is 2.19. The molecule has 2 aromatic rings. The Morgan fingerprint density at radius 2 is 2.20 bits per heavy atom. The highest BCUT2D eigenvalue weighted by Gasteiger charge is 2.07. The van der Waals surface area contributed by atoms with Crippen molar-refractivity contribution in [2.24, 2.45) is 12.0 Å². The molecule has 1 atom stereocenters. The minimum atomic E-state index is -0.0397. The zero-order chi connectivity index (χ0) is 17.4. The van der Waals surface area contributed by atoms with Crippen LogP contribution >= 0.6 is 35.6 Å². The van der Waals surface area contributed by atoms with Gasteiger partial charge in [-0.05, 0) is 32.0 Å². The smallest absolute Gasteiger partial charge is 0.191 e. The number of nitrogens with one attached hydrogen (secondary N) is 2. The van der Waals surface area contributed by atoms with Crippen molar-refractivity contribution >= 4 is 41.5 Å². The fourth-order valence-electron chi connectivity index (χ4n) is 2.01. The Bertz CT molecular complexity index is 678. The summed E-state index contributed by atoms with van der Waals surface area (Å²) in [5, 5.41) is 11.2. The molecular weight excluding hydrogens is 455 g/mol. The summed E-state index contributed by atoms with van der Waals surface area (Å²) >= 11 is 5.96. The zero-order valence-corrected chi connectivity index (χ0v) is 17.7. The summed E-state index contributed by atoms with van der Waals surface area (Å²) in [7, 11) is 1.85. The third-order valence-corrected chi connectivity index (χ3v) is 3.45. The quantitative estimate of drug-likeness (QED) is 0.363. The monoisotopic (exact) mass is 478 g/mol. The van der Waals surface area contributed by atoms with Crippen molar-refractivity contribution in [3.8, 4) is 5.75 Å². The molecule has 0 aliphatic rings. The van der Waals surface area contributed by atoms with Gasteiger partial charge in [-0.2, -0.15) is 5.10 Å². The van der Waals surface area contributed by atoms with Gasteiger partial charge in [0.25, 0.3) is 0 Å². The van der Waals surface area contributed by atoms with Crippen LogP contribution in [0.25, 0.3) is 0 Å². The Kier molecular flexibility index (Phi) is 9.58. The van der Waals surface area contributed by atoms with Crippen molar-refractivity contribution in [3.05, 3.63) is 41.4 Å². The molecule has 9 heteroatoms. The fraction of sp³-hybridized carbons (Fsp3) is 0.438. The highest BCUT2D eigenvalue weighted by molar-refractivity contribution is 14.0. The molecule has 25 heavy (non-hydrogen) atoms. The van der Waals surface area contributed by atoms with Gasteiger partial charge in [-0.3, -0.25) is 4.68 Å². The third-order valence-electron chi connectivity index (χ3n) is 3.22. The van der Waals surface area contributed by atoms with Crippen molar-refractivity contribution < 1.29 is 4.74 Å². The van der Waals surface area contributed by atoms with E-state index in [1.807, 2.05) is 39.1 Å². The lowest BCUT2D eigenvalue weighted by Gasteiger charge is -2.17. The molecule has 0 saturated heterocycles. The number of hydrogen-bond donors (Lipinski definition) is 2. The number of guanidine groups is 1. The molecule has 0 amide bonds. The second-order valence-electron chi connectivity index (χ2n) is 5.26. The van der Waals surface area contributed by atoms with Gasteiger partial charge in [-0.25, -0.2) is 9.98 Å². The van der Waals surface area contributed by atoms with Gasteiger partial charge in [-0.15, -0.1) is 24.0 Å². The number of hydrogen-bond acceptors (Lipinski definition) is 4. The Labute approximate surface area is 170 Å². The topological polar surface area (TPSA) is 76.4 Å². The van der Waals surface area contributed by atoms with E-state index in [-0.39, 0.29) is 30.1 Å². The van der Waals surface area contributed by atoms with Gasteiger partial charge in [-0.1, -0.05) is 17.7 Å². The summed E-state index contributed by atoms with van der Waals surface area (Å²) < 4.78 is 7.54. The van der Waals surface area contributed by atoms with E-state index in [1.165, 1.54) is 6.33 Å². The summed E-state index contributed by atoms with van der Waals surface area (Å²) in [5.74, 6) is 2.26. The molecule has 7 nitrogen and oxygen atoms in total. The number of halogens is 2. The molecule has 0 fully saturated rings. The normalized spacial score (nSPS) is 12.2. The van der Waals surface area contributed by atoms with Crippen LogP contribution in [0.1, 0.15) is 19.7 Å². The van der Waals surface area contributed by atoms with Crippen LogP contribution in [0.3, 0.4) is 0 Å². The average molecular weight is 479 g/mol. The Balaban J connectivity index is 0.00000312. The van der Waals surface area contributed by atoms with Crippen molar-refractivity contribution in [1.82, 2.24) is 25.4 Å². The number of rotatable bonds is 7. The van der Waals surface area contributed by atoms with Gasteiger partial charge >= 0.3 is 0 Å². The molecule has 2 N–H and O–H groups in total. The molecule has 0 bridgehead atoms. The summed E-state index contributed by atoms with van der Waals surface area (Å²) in [4.78, 5) is 8.66. The molecule has 1 heterocycles. The van der Waals surface area contributed by atoms with Gasteiger partial charge in [0.2, 0.25) is 0 Å². The number of aromatic nitrogens is 3. The van der Waals surface area contributed by atoms with E-state index in [1.54, 1.807) is 10.7 Å². The van der Waals surface area contributed by atoms with Gasteiger partial charge in [0.05, 0.1) is 6.54 Å². The molecule has 0 aliphatic carbocycles. The molecular formula is C16H24ClIN6O. The van der Waals surface area contributed by atoms with Crippen LogP contribution in [0.15, 0.2) is 35.6 Å². The van der Waals surface area contributed by atoms with E-state index >= 15 is 0 Å². The van der Waals surface area contributed by atoms with Crippen molar-refractivity contribution in [2.75, 3.05) is 13.1 Å². The van der Waals surface area contributed by atoms with Gasteiger partial charge in [0.1, 0.15) is 30.5 Å². The molecule has 1 unspecified atom stereocenters. The number of ether oxygens (including phenoxy) is 1. The van der Waals surface area contributed by atoms with Gasteiger partial charge in [0, 0.05) is 18.6 Å². The summed E-state index contributed by atoms with van der Waals surface area (Å²) in [6, 6.07) is 7.37. The predicted molar refractivity (Wildman–Crippen MR) is 111 cm³/mol. The maximum Gasteiger partial charge on any atom is 0.191 e. The first-order valence-corrected chi connectivity index (χ1v) is 8.23. The molecule has 2 rings (SSSR count). The molecule has 0 aliphatic heterocycles. The Morgan fingerprint density at radius 3 is 2.84 bits per heavy atom. The SMILES string of the molecule is CCNC(=NCc1ncnn1C)NCC(C)Oc1cccc(Cl)c1.I. The molecule has 0 saturated carbocycles. The molecule has 1 aromatic heterocycles. The first-order chi connectivity index (χ1) is 11.6. The van der Waals surface area contributed by atoms with Crippen molar-refractivity contribution in [1.29, 1.82) is 0 Å². The highest BCUT2D eigenvalue weighted by Crippen LogP contribution is 2.18. The van der Waals surface area contributed by atoms with E-state index in [2.05, 4.69) is 25.7 Å². The summed E-state index contributed by atoms with van der Waals surface area (Å²) in [6.07, 6.45) is 1.48. The lowest BCUT2D eigenvalue weighted by molar-refractivity contribution is 0.224. The minimum absolute atomic E-state index is 0. The second kappa shape index (κ2) is 11.1. The maximum absolute atomic E-state index is 5.96. The first-order valence-electron chi connectivity index (χ1n) is 7.85. The first kappa shape index (κ1) is 21.5. The molecule has 1 aromatic carbocycles. The zero-order valence-electron chi connectivity index (χ0n) is 14.6. The molecule has 138 valence electrons. The minimum Gasteiger partial charge on any atom is -0.489 e. The molecule has 0 spiro atoms.